The summed E-state index contributed by atoms with van der Waals surface area (Å²) in [5, 5.41) is 4.47. The number of rotatable bonds is 7. The molecule has 1 amide bonds. The molecule has 1 N–H and O–H groups in total. The highest BCUT2D eigenvalue weighted by Crippen LogP contribution is 2.17. The molecule has 3 aromatic carbocycles. The van der Waals surface area contributed by atoms with E-state index < -0.39 is 11.9 Å². The fourth-order valence-electron chi connectivity index (χ4n) is 2.33. The van der Waals surface area contributed by atoms with Gasteiger partial charge in [-0.05, 0) is 60.2 Å². The van der Waals surface area contributed by atoms with Gasteiger partial charge in [0.25, 0.3) is 5.91 Å². The normalized spacial score (nSPS) is 10.6. The van der Waals surface area contributed by atoms with Gasteiger partial charge in [0, 0.05) is 9.50 Å². The van der Waals surface area contributed by atoms with E-state index >= 15 is 0 Å². The zero-order valence-electron chi connectivity index (χ0n) is 15.5. The molecule has 0 unspecified atom stereocenters. The molecule has 0 heterocycles. The number of halogens is 2. The van der Waals surface area contributed by atoms with Crippen molar-refractivity contribution in [1.82, 2.24) is 5.43 Å². The number of carbonyl (C=O) groups is 2. The third-order valence-electron chi connectivity index (χ3n) is 3.72. The van der Waals surface area contributed by atoms with E-state index in [1.807, 2.05) is 6.07 Å². The van der Waals surface area contributed by atoms with Crippen LogP contribution in [0.2, 0.25) is 5.02 Å². The van der Waals surface area contributed by atoms with Crippen LogP contribution in [0.25, 0.3) is 0 Å². The summed E-state index contributed by atoms with van der Waals surface area (Å²) in [4.78, 5) is 24.1. The number of ether oxygens (including phenoxy) is 2. The Hall–Kier alpha value is -3.16. The van der Waals surface area contributed by atoms with Crippen molar-refractivity contribution in [3.8, 4) is 11.5 Å². The summed E-state index contributed by atoms with van der Waals surface area (Å²) in [6, 6.07) is 20.4. The Balaban J connectivity index is 1.51. The second-order valence-electron chi connectivity index (χ2n) is 6.01. The fourth-order valence-corrected chi connectivity index (χ4v) is 2.86. The van der Waals surface area contributed by atoms with Gasteiger partial charge in [-0.1, -0.05) is 45.7 Å². The van der Waals surface area contributed by atoms with E-state index in [4.69, 9.17) is 21.1 Å². The van der Waals surface area contributed by atoms with Gasteiger partial charge in [0.1, 0.15) is 11.5 Å². The van der Waals surface area contributed by atoms with Gasteiger partial charge in [0.2, 0.25) is 0 Å². The van der Waals surface area contributed by atoms with E-state index in [-0.39, 0.29) is 6.61 Å². The van der Waals surface area contributed by atoms with Gasteiger partial charge < -0.3 is 9.47 Å². The number of carbonyl (C=O) groups excluding carboxylic acids is 2. The Labute approximate surface area is 186 Å². The minimum absolute atomic E-state index is 0.191. The van der Waals surface area contributed by atoms with Crippen molar-refractivity contribution < 1.29 is 19.1 Å². The molecule has 0 fully saturated rings. The van der Waals surface area contributed by atoms with Crippen LogP contribution in [0.1, 0.15) is 15.9 Å². The first-order valence-corrected chi connectivity index (χ1v) is 9.95. The van der Waals surface area contributed by atoms with Crippen molar-refractivity contribution in [3.63, 3.8) is 0 Å². The maximum atomic E-state index is 12.2. The van der Waals surface area contributed by atoms with E-state index in [0.29, 0.717) is 27.6 Å². The van der Waals surface area contributed by atoms with Crippen LogP contribution in [0.15, 0.2) is 82.4 Å². The molecule has 0 bridgehead atoms. The second kappa shape index (κ2) is 10.6. The Bertz CT molecular complexity index is 1070. The van der Waals surface area contributed by atoms with Gasteiger partial charge in [-0.2, -0.15) is 5.10 Å². The lowest BCUT2D eigenvalue weighted by atomic mass is 10.2. The molecule has 0 saturated carbocycles. The topological polar surface area (TPSA) is 77.0 Å². The zero-order chi connectivity index (χ0) is 21.3. The van der Waals surface area contributed by atoms with Crippen LogP contribution in [-0.2, 0) is 4.79 Å². The summed E-state index contributed by atoms with van der Waals surface area (Å²) in [7, 11) is 0. The zero-order valence-corrected chi connectivity index (χ0v) is 17.9. The molecular formula is C22H16BrClN2O4. The molecule has 0 aliphatic heterocycles. The molecule has 0 atom stereocenters. The molecule has 0 radical (unpaired) electrons. The highest BCUT2D eigenvalue weighted by Gasteiger charge is 2.09. The van der Waals surface area contributed by atoms with Crippen molar-refractivity contribution in [2.45, 2.75) is 0 Å². The van der Waals surface area contributed by atoms with Crippen LogP contribution in [0.3, 0.4) is 0 Å². The lowest BCUT2D eigenvalue weighted by molar-refractivity contribution is -0.123. The first-order chi connectivity index (χ1) is 14.5. The number of benzene rings is 3. The average molecular weight is 488 g/mol. The lowest BCUT2D eigenvalue weighted by Gasteiger charge is -2.06. The number of hydrazone groups is 1. The third-order valence-corrected chi connectivity index (χ3v) is 4.46. The number of amides is 1. The van der Waals surface area contributed by atoms with Crippen LogP contribution in [0.4, 0.5) is 0 Å². The Morgan fingerprint density at radius 2 is 1.77 bits per heavy atom. The predicted molar refractivity (Wildman–Crippen MR) is 118 cm³/mol. The van der Waals surface area contributed by atoms with E-state index in [9.17, 15) is 9.59 Å². The van der Waals surface area contributed by atoms with Crippen LogP contribution < -0.4 is 14.9 Å². The lowest BCUT2D eigenvalue weighted by Crippen LogP contribution is -2.24. The smallest absolute Gasteiger partial charge is 0.343 e. The molecule has 152 valence electrons. The van der Waals surface area contributed by atoms with Crippen molar-refractivity contribution in [1.29, 1.82) is 0 Å². The van der Waals surface area contributed by atoms with Crippen molar-refractivity contribution >= 4 is 45.6 Å². The van der Waals surface area contributed by atoms with Crippen LogP contribution >= 0.6 is 27.5 Å². The number of nitrogens with one attached hydrogen (secondary N) is 1. The van der Waals surface area contributed by atoms with Gasteiger partial charge in [-0.15, -0.1) is 0 Å². The minimum Gasteiger partial charge on any atom is -0.484 e. The highest BCUT2D eigenvalue weighted by atomic mass is 79.9. The first kappa shape index (κ1) is 21.5. The number of hydrogen-bond donors (Lipinski definition) is 1. The van der Waals surface area contributed by atoms with E-state index in [1.54, 1.807) is 66.7 Å². The largest absolute Gasteiger partial charge is 0.484 e. The summed E-state index contributed by atoms with van der Waals surface area (Å²) in [6.45, 7) is -0.191. The predicted octanol–water partition coefficient (Wildman–Crippen LogP) is 4.85. The van der Waals surface area contributed by atoms with Crippen LogP contribution in [0, 0.1) is 0 Å². The highest BCUT2D eigenvalue weighted by molar-refractivity contribution is 9.10. The average Bonchev–Trinajstić information content (AvgIpc) is 2.73. The molecule has 3 aromatic rings. The molecule has 6 nitrogen and oxygen atoms in total. The van der Waals surface area contributed by atoms with Crippen LogP contribution in [0.5, 0.6) is 11.5 Å². The Kier molecular flexibility index (Phi) is 7.59. The van der Waals surface area contributed by atoms with Gasteiger partial charge in [0.05, 0.1) is 11.8 Å². The molecule has 0 aliphatic rings. The van der Waals surface area contributed by atoms with Crippen molar-refractivity contribution in [2.75, 3.05) is 6.61 Å². The Morgan fingerprint density at radius 1 is 1.00 bits per heavy atom. The summed E-state index contributed by atoms with van der Waals surface area (Å²) in [5.74, 6) is -0.00343. The SMILES string of the molecule is O=C(COc1ccc(Cl)cc1)N/N=C/c1cccc(OC(=O)c2cccc(Br)c2)c1. The summed E-state index contributed by atoms with van der Waals surface area (Å²) in [6.07, 6.45) is 1.44. The van der Waals surface area contributed by atoms with Crippen LogP contribution in [-0.4, -0.2) is 24.7 Å². The van der Waals surface area contributed by atoms with E-state index in [0.717, 1.165) is 4.47 Å². The summed E-state index contributed by atoms with van der Waals surface area (Å²) in [5.41, 5.74) is 3.45. The van der Waals surface area contributed by atoms with E-state index in [1.165, 1.54) is 6.21 Å². The number of esters is 1. The summed E-state index contributed by atoms with van der Waals surface area (Å²) >= 11 is 9.11. The third kappa shape index (κ3) is 6.72. The number of nitrogens with zero attached hydrogens (tertiary/aromatic N) is 1. The second-order valence-corrected chi connectivity index (χ2v) is 7.36. The molecular weight excluding hydrogens is 472 g/mol. The molecule has 0 aliphatic carbocycles. The van der Waals surface area contributed by atoms with Crippen molar-refractivity contribution in [3.05, 3.63) is 93.4 Å². The fraction of sp³-hybridized carbons (Fsp3) is 0.0455. The van der Waals surface area contributed by atoms with Crippen molar-refractivity contribution in [2.24, 2.45) is 5.10 Å². The van der Waals surface area contributed by atoms with Gasteiger partial charge in [-0.3, -0.25) is 4.79 Å². The number of hydrogen-bond acceptors (Lipinski definition) is 5. The van der Waals surface area contributed by atoms with Gasteiger partial charge in [-0.25, -0.2) is 10.2 Å². The molecule has 3 rings (SSSR count). The molecule has 0 spiro atoms. The maximum absolute atomic E-state index is 12.2. The van der Waals surface area contributed by atoms with Gasteiger partial charge >= 0.3 is 5.97 Å². The Morgan fingerprint density at radius 3 is 2.53 bits per heavy atom. The monoisotopic (exact) mass is 486 g/mol. The summed E-state index contributed by atoms with van der Waals surface area (Å²) < 4.78 is 11.5. The van der Waals surface area contributed by atoms with E-state index in [2.05, 4.69) is 26.5 Å². The van der Waals surface area contributed by atoms with Gasteiger partial charge in [0.15, 0.2) is 6.61 Å². The minimum atomic E-state index is -0.474. The maximum Gasteiger partial charge on any atom is 0.343 e. The quantitative estimate of drug-likeness (QED) is 0.224. The molecule has 0 aromatic heterocycles. The molecule has 0 saturated heterocycles. The standard InChI is InChI=1S/C22H16BrClN2O4/c23-17-5-2-4-16(12-17)22(28)30-20-6-1-3-15(11-20)13-25-26-21(27)14-29-19-9-7-18(24)8-10-19/h1-13H,14H2,(H,26,27)/b25-13+. The molecule has 30 heavy (non-hydrogen) atoms. The molecule has 8 heteroatoms. The first-order valence-electron chi connectivity index (χ1n) is 8.78.